The minimum Gasteiger partial charge on any atom is -1.00 e. The number of thiazole rings is 1. The van der Waals surface area contributed by atoms with Crippen molar-refractivity contribution >= 4 is 11.3 Å². The van der Waals surface area contributed by atoms with Gasteiger partial charge in [-0.05, 0) is 37.1 Å². The molecule has 1 aliphatic rings. The zero-order valence-corrected chi connectivity index (χ0v) is 16.8. The summed E-state index contributed by atoms with van der Waals surface area (Å²) in [5, 5.41) is 11.6. The number of ether oxygens (including phenoxy) is 1. The van der Waals surface area contributed by atoms with Crippen LogP contribution in [-0.2, 0) is 19.4 Å². The molecule has 0 unspecified atom stereocenters. The average Bonchev–Trinajstić information content (AvgIpc) is 3.16. The van der Waals surface area contributed by atoms with Crippen LogP contribution >= 0.6 is 11.3 Å². The quantitative estimate of drug-likeness (QED) is 0.582. The molecule has 1 aliphatic heterocycles. The molecule has 1 aromatic carbocycles. The Labute approximate surface area is 170 Å². The normalized spacial score (nSPS) is 13.7. The molecule has 0 N–H and O–H groups in total. The molecule has 0 saturated heterocycles. The predicted molar refractivity (Wildman–Crippen MR) is 94.6 cm³/mol. The lowest BCUT2D eigenvalue weighted by Crippen LogP contribution is -3.00. The van der Waals surface area contributed by atoms with Crippen molar-refractivity contribution in [2.75, 3.05) is 0 Å². The zero-order valence-electron chi connectivity index (χ0n) is 14.4. The highest BCUT2D eigenvalue weighted by Gasteiger charge is 2.16. The van der Waals surface area contributed by atoms with Crippen LogP contribution in [0, 0.1) is 0 Å². The first kappa shape index (κ1) is 19.9. The van der Waals surface area contributed by atoms with Crippen molar-refractivity contribution in [2.24, 2.45) is 0 Å². The van der Waals surface area contributed by atoms with E-state index in [1.54, 1.807) is 23.5 Å². The summed E-state index contributed by atoms with van der Waals surface area (Å²) < 4.78 is 31.1. The van der Waals surface area contributed by atoms with Gasteiger partial charge in [-0.2, -0.15) is 8.78 Å². The van der Waals surface area contributed by atoms with Gasteiger partial charge in [-0.1, -0.05) is 6.42 Å². The van der Waals surface area contributed by atoms with Crippen molar-refractivity contribution in [3.05, 3.63) is 46.3 Å². The van der Waals surface area contributed by atoms with Crippen molar-refractivity contribution in [3.8, 4) is 17.0 Å². The smallest absolute Gasteiger partial charge is 0.387 e. The minimum absolute atomic E-state index is 0. The molecule has 0 aliphatic carbocycles. The second kappa shape index (κ2) is 8.88. The van der Waals surface area contributed by atoms with Crippen molar-refractivity contribution in [2.45, 2.75) is 45.3 Å². The van der Waals surface area contributed by atoms with Crippen molar-refractivity contribution in [3.63, 3.8) is 0 Å². The number of aryl methyl sites for hydroxylation is 1. The Bertz CT molecular complexity index is 882. The maximum absolute atomic E-state index is 12.2. The van der Waals surface area contributed by atoms with E-state index in [4.69, 9.17) is 0 Å². The number of hydrogen-bond donors (Lipinski definition) is 0. The number of rotatable bonds is 5. The molecule has 2 aromatic heterocycles. The fourth-order valence-corrected chi connectivity index (χ4v) is 3.94. The van der Waals surface area contributed by atoms with Crippen LogP contribution in [0.15, 0.2) is 29.6 Å². The van der Waals surface area contributed by atoms with Gasteiger partial charge in [0.2, 0.25) is 0 Å². The Kier molecular flexibility index (Phi) is 6.54. The van der Waals surface area contributed by atoms with Gasteiger partial charge in [0.15, 0.2) is 0 Å². The Balaban J connectivity index is 0.00000210. The Morgan fingerprint density at radius 1 is 1.11 bits per heavy atom. The molecule has 0 spiro atoms. The van der Waals surface area contributed by atoms with E-state index in [1.165, 1.54) is 25.0 Å². The van der Waals surface area contributed by atoms with Crippen LogP contribution < -0.4 is 21.7 Å². The van der Waals surface area contributed by atoms with Gasteiger partial charge in [0.05, 0.1) is 12.1 Å². The highest BCUT2D eigenvalue weighted by atomic mass is 79.9. The molecule has 3 heterocycles. The standard InChI is InChI=1S/C18H18F2N4OS.BrH/c19-18(20)25-13-7-5-12(6-8-13)14-11-26-17(21-14)10-16-23-22-15-4-2-1-3-9-24(15)16;/h5-8,11,18H,1-4,9-10H2;1H/p-1. The number of halogens is 3. The molecule has 5 nitrogen and oxygen atoms in total. The SMILES string of the molecule is FC(F)Oc1ccc(-c2csc(Cc3nnc4n3CCCCC4)n2)cc1.[Br-]. The molecule has 0 radical (unpaired) electrons. The van der Waals surface area contributed by atoms with Crippen molar-refractivity contribution < 1.29 is 30.5 Å². The number of nitrogens with zero attached hydrogens (tertiary/aromatic N) is 4. The second-order valence-electron chi connectivity index (χ2n) is 6.20. The van der Waals surface area contributed by atoms with Crippen LogP contribution in [0.1, 0.15) is 35.9 Å². The molecule has 0 fully saturated rings. The summed E-state index contributed by atoms with van der Waals surface area (Å²) in [6.45, 7) is -1.84. The van der Waals surface area contributed by atoms with Crippen molar-refractivity contribution in [1.29, 1.82) is 0 Å². The van der Waals surface area contributed by atoms with Crippen LogP contribution in [0.5, 0.6) is 5.75 Å². The third kappa shape index (κ3) is 4.70. The molecule has 27 heavy (non-hydrogen) atoms. The van der Waals surface area contributed by atoms with E-state index in [0.717, 1.165) is 47.3 Å². The molecule has 0 saturated carbocycles. The van der Waals surface area contributed by atoms with Gasteiger partial charge >= 0.3 is 6.61 Å². The molecule has 9 heteroatoms. The summed E-state index contributed by atoms with van der Waals surface area (Å²) in [4.78, 5) is 4.67. The summed E-state index contributed by atoms with van der Waals surface area (Å²) in [7, 11) is 0. The molecule has 144 valence electrons. The first-order chi connectivity index (χ1) is 12.7. The van der Waals surface area contributed by atoms with E-state index in [-0.39, 0.29) is 22.7 Å². The van der Waals surface area contributed by atoms with E-state index in [2.05, 4.69) is 24.5 Å². The highest BCUT2D eigenvalue weighted by molar-refractivity contribution is 7.10. The van der Waals surface area contributed by atoms with Gasteiger partial charge < -0.3 is 26.3 Å². The summed E-state index contributed by atoms with van der Waals surface area (Å²) in [5.74, 6) is 2.18. The molecule has 0 bridgehead atoms. The zero-order chi connectivity index (χ0) is 17.9. The Morgan fingerprint density at radius 3 is 2.70 bits per heavy atom. The summed E-state index contributed by atoms with van der Waals surface area (Å²) in [6, 6.07) is 6.52. The molecular weight excluding hydrogens is 438 g/mol. The fraction of sp³-hybridized carbons (Fsp3) is 0.389. The van der Waals surface area contributed by atoms with Gasteiger partial charge in [-0.25, -0.2) is 4.98 Å². The van der Waals surface area contributed by atoms with E-state index < -0.39 is 6.61 Å². The second-order valence-corrected chi connectivity index (χ2v) is 7.14. The first-order valence-electron chi connectivity index (χ1n) is 8.59. The average molecular weight is 456 g/mol. The van der Waals surface area contributed by atoms with Gasteiger partial charge in [0.1, 0.15) is 22.4 Å². The Hall–Kier alpha value is -1.87. The lowest BCUT2D eigenvalue weighted by molar-refractivity contribution is -0.0498. The maximum Gasteiger partial charge on any atom is 0.387 e. The largest absolute Gasteiger partial charge is 1.00 e. The molecular formula is C18H18BrF2N4OS-. The van der Waals surface area contributed by atoms with Crippen LogP contribution in [0.2, 0.25) is 0 Å². The number of fused-ring (bicyclic) bond motifs is 1. The number of aromatic nitrogens is 4. The lowest BCUT2D eigenvalue weighted by Gasteiger charge is -2.05. The topological polar surface area (TPSA) is 52.8 Å². The monoisotopic (exact) mass is 455 g/mol. The van der Waals surface area contributed by atoms with Crippen LogP contribution in [0.4, 0.5) is 8.78 Å². The van der Waals surface area contributed by atoms with E-state index >= 15 is 0 Å². The van der Waals surface area contributed by atoms with Gasteiger partial charge in [-0.15, -0.1) is 21.5 Å². The fourth-order valence-electron chi connectivity index (χ4n) is 3.14. The minimum atomic E-state index is -2.81. The number of benzene rings is 1. The molecule has 0 atom stereocenters. The third-order valence-corrected chi connectivity index (χ3v) is 5.27. The van der Waals surface area contributed by atoms with Gasteiger partial charge in [0, 0.05) is 23.9 Å². The van der Waals surface area contributed by atoms with Crippen LogP contribution in [-0.4, -0.2) is 26.4 Å². The highest BCUT2D eigenvalue weighted by Crippen LogP contribution is 2.26. The van der Waals surface area contributed by atoms with E-state index in [1.807, 2.05) is 5.38 Å². The Morgan fingerprint density at radius 2 is 1.93 bits per heavy atom. The summed E-state index contributed by atoms with van der Waals surface area (Å²) in [5.41, 5.74) is 1.69. The molecule has 3 aromatic rings. The van der Waals surface area contributed by atoms with Crippen LogP contribution in [0.3, 0.4) is 0 Å². The van der Waals surface area contributed by atoms with E-state index in [9.17, 15) is 8.78 Å². The number of hydrogen-bond acceptors (Lipinski definition) is 5. The maximum atomic E-state index is 12.2. The summed E-state index contributed by atoms with van der Waals surface area (Å²) >= 11 is 1.57. The van der Waals surface area contributed by atoms with Gasteiger partial charge in [-0.3, -0.25) is 0 Å². The summed E-state index contributed by atoms with van der Waals surface area (Å²) in [6.07, 6.45) is 5.21. The lowest BCUT2D eigenvalue weighted by atomic mass is 10.2. The van der Waals surface area contributed by atoms with Gasteiger partial charge in [0.25, 0.3) is 0 Å². The number of alkyl halides is 2. The van der Waals surface area contributed by atoms with Crippen molar-refractivity contribution in [1.82, 2.24) is 19.7 Å². The predicted octanol–water partition coefficient (Wildman–Crippen LogP) is 1.32. The van der Waals surface area contributed by atoms with Crippen LogP contribution in [0.25, 0.3) is 11.3 Å². The first-order valence-corrected chi connectivity index (χ1v) is 9.47. The van der Waals surface area contributed by atoms with E-state index in [0.29, 0.717) is 6.42 Å². The molecule has 0 amide bonds. The third-order valence-electron chi connectivity index (χ3n) is 4.42. The molecule has 4 rings (SSSR count).